The van der Waals surface area contributed by atoms with E-state index in [1.807, 2.05) is 13.0 Å². The molecule has 4 heteroatoms. The molecule has 0 N–H and O–H groups in total. The fourth-order valence-corrected chi connectivity index (χ4v) is 2.08. The molecule has 0 spiro atoms. The molecule has 1 aliphatic rings. The van der Waals surface area contributed by atoms with Gasteiger partial charge in [-0.15, -0.1) is 0 Å². The van der Waals surface area contributed by atoms with E-state index in [4.69, 9.17) is 4.74 Å². The van der Waals surface area contributed by atoms with Crippen molar-refractivity contribution >= 4 is 0 Å². The zero-order chi connectivity index (χ0) is 12.5. The molecule has 1 aromatic carbocycles. The van der Waals surface area contributed by atoms with E-state index in [1.54, 1.807) is 12.1 Å². The van der Waals surface area contributed by atoms with Gasteiger partial charge in [-0.3, -0.25) is 0 Å². The Morgan fingerprint density at radius 3 is 2.47 bits per heavy atom. The predicted molar refractivity (Wildman–Crippen MR) is 59.3 cm³/mol. The molecule has 1 aliphatic carbocycles. The normalized spacial score (nSPS) is 16.7. The van der Waals surface area contributed by atoms with Gasteiger partial charge < -0.3 is 4.74 Å². The van der Waals surface area contributed by atoms with Crippen LogP contribution in [-0.2, 0) is 0 Å². The van der Waals surface area contributed by atoms with Gasteiger partial charge in [0.1, 0.15) is 5.75 Å². The number of ether oxygens (including phenoxy) is 1. The van der Waals surface area contributed by atoms with Gasteiger partial charge in [-0.2, -0.15) is 13.2 Å². The number of hydrogen-bond donors (Lipinski definition) is 0. The lowest BCUT2D eigenvalue weighted by Gasteiger charge is -2.27. The molecular formula is C13H15F3O. The molecule has 1 nitrogen and oxygen atoms in total. The first kappa shape index (κ1) is 12.3. The topological polar surface area (TPSA) is 9.23 Å². The van der Waals surface area contributed by atoms with E-state index in [9.17, 15) is 13.2 Å². The molecule has 0 saturated heterocycles. The van der Waals surface area contributed by atoms with Crippen LogP contribution < -0.4 is 4.74 Å². The summed E-state index contributed by atoms with van der Waals surface area (Å²) >= 11 is 0. The molecule has 1 saturated carbocycles. The van der Waals surface area contributed by atoms with Crippen molar-refractivity contribution < 1.29 is 17.9 Å². The lowest BCUT2D eigenvalue weighted by Crippen LogP contribution is -2.19. The molecule has 0 atom stereocenters. The Hall–Kier alpha value is -1.19. The second-order valence-corrected chi connectivity index (χ2v) is 4.55. The van der Waals surface area contributed by atoms with Crippen molar-refractivity contribution in [2.75, 3.05) is 6.61 Å². The van der Waals surface area contributed by atoms with E-state index in [-0.39, 0.29) is 0 Å². The van der Waals surface area contributed by atoms with Crippen LogP contribution in [-0.4, -0.2) is 12.8 Å². The van der Waals surface area contributed by atoms with Gasteiger partial charge in [0.05, 0.1) is 0 Å². The lowest BCUT2D eigenvalue weighted by atomic mass is 9.78. The van der Waals surface area contributed by atoms with Crippen LogP contribution in [0, 0.1) is 6.92 Å². The van der Waals surface area contributed by atoms with Crippen LogP contribution in [0.3, 0.4) is 0 Å². The summed E-state index contributed by atoms with van der Waals surface area (Å²) in [5.41, 5.74) is 2.27. The average molecular weight is 244 g/mol. The number of hydrogen-bond acceptors (Lipinski definition) is 1. The molecule has 0 aromatic heterocycles. The van der Waals surface area contributed by atoms with Gasteiger partial charge >= 0.3 is 6.18 Å². The Morgan fingerprint density at radius 1 is 1.29 bits per heavy atom. The summed E-state index contributed by atoms with van der Waals surface area (Å²) in [5, 5.41) is 0. The van der Waals surface area contributed by atoms with Crippen molar-refractivity contribution in [1.29, 1.82) is 0 Å². The van der Waals surface area contributed by atoms with Crippen LogP contribution >= 0.6 is 0 Å². The van der Waals surface area contributed by atoms with E-state index >= 15 is 0 Å². The summed E-state index contributed by atoms with van der Waals surface area (Å²) in [6.45, 7) is 0.698. The van der Waals surface area contributed by atoms with Crippen LogP contribution in [0.15, 0.2) is 18.2 Å². The number of rotatable bonds is 3. The predicted octanol–water partition coefficient (Wildman–Crippen LogP) is 4.20. The van der Waals surface area contributed by atoms with E-state index in [0.717, 1.165) is 5.56 Å². The quantitative estimate of drug-likeness (QED) is 0.774. The summed E-state index contributed by atoms with van der Waals surface area (Å²) in [6, 6.07) is 5.22. The van der Waals surface area contributed by atoms with Crippen molar-refractivity contribution in [3.63, 3.8) is 0 Å². The lowest BCUT2D eigenvalue weighted by molar-refractivity contribution is -0.153. The fourth-order valence-electron chi connectivity index (χ4n) is 2.08. The molecular weight excluding hydrogens is 229 g/mol. The molecule has 0 bridgehead atoms. The van der Waals surface area contributed by atoms with Gasteiger partial charge in [0.25, 0.3) is 0 Å². The van der Waals surface area contributed by atoms with E-state index in [2.05, 4.69) is 0 Å². The first-order valence-corrected chi connectivity index (χ1v) is 5.76. The summed E-state index contributed by atoms with van der Waals surface area (Å²) in [7, 11) is 0. The summed E-state index contributed by atoms with van der Waals surface area (Å²) in [4.78, 5) is 0. The minimum atomic E-state index is -4.28. The van der Waals surface area contributed by atoms with Crippen LogP contribution in [0.2, 0.25) is 0 Å². The third-order valence-electron chi connectivity index (χ3n) is 3.19. The van der Waals surface area contributed by atoms with Crippen molar-refractivity contribution in [3.05, 3.63) is 29.3 Å². The maximum Gasteiger partial charge on any atom is 0.422 e. The first-order chi connectivity index (χ1) is 7.96. The second-order valence-electron chi connectivity index (χ2n) is 4.55. The Bertz CT molecular complexity index is 394. The third kappa shape index (κ3) is 3.14. The van der Waals surface area contributed by atoms with E-state index in [1.165, 1.54) is 24.8 Å². The smallest absolute Gasteiger partial charge is 0.422 e. The van der Waals surface area contributed by atoms with Crippen LogP contribution in [0.5, 0.6) is 5.75 Å². The SMILES string of the molecule is Cc1cc(OCC(F)(F)F)ccc1C1CCC1. The Labute approximate surface area is 98.6 Å². The fraction of sp³-hybridized carbons (Fsp3) is 0.538. The maximum absolute atomic E-state index is 12.0. The van der Waals surface area contributed by atoms with Crippen LogP contribution in [0.25, 0.3) is 0 Å². The Balaban J connectivity index is 2.03. The van der Waals surface area contributed by atoms with Crippen molar-refractivity contribution in [2.45, 2.75) is 38.3 Å². The van der Waals surface area contributed by atoms with Gasteiger partial charge in [0.15, 0.2) is 6.61 Å². The molecule has 0 aliphatic heterocycles. The van der Waals surface area contributed by atoms with Gasteiger partial charge in [0.2, 0.25) is 0 Å². The Morgan fingerprint density at radius 2 is 2.00 bits per heavy atom. The van der Waals surface area contributed by atoms with Gasteiger partial charge in [0, 0.05) is 0 Å². The number of halogens is 3. The summed E-state index contributed by atoms with van der Waals surface area (Å²) in [5.74, 6) is 0.884. The summed E-state index contributed by atoms with van der Waals surface area (Å²) in [6.07, 6.45) is -0.663. The van der Waals surface area contributed by atoms with Gasteiger partial charge in [-0.1, -0.05) is 12.5 Å². The monoisotopic (exact) mass is 244 g/mol. The number of benzene rings is 1. The average Bonchev–Trinajstić information content (AvgIpc) is 2.14. The first-order valence-electron chi connectivity index (χ1n) is 5.76. The van der Waals surface area contributed by atoms with Crippen LogP contribution in [0.1, 0.15) is 36.3 Å². The zero-order valence-electron chi connectivity index (χ0n) is 9.68. The highest BCUT2D eigenvalue weighted by molar-refractivity contribution is 5.37. The number of alkyl halides is 3. The molecule has 94 valence electrons. The highest BCUT2D eigenvalue weighted by Gasteiger charge is 2.28. The van der Waals surface area contributed by atoms with Crippen molar-refractivity contribution in [2.24, 2.45) is 0 Å². The molecule has 2 rings (SSSR count). The minimum Gasteiger partial charge on any atom is -0.484 e. The zero-order valence-corrected chi connectivity index (χ0v) is 9.68. The molecule has 0 unspecified atom stereocenters. The highest BCUT2D eigenvalue weighted by atomic mass is 19.4. The molecule has 0 amide bonds. The van der Waals surface area contributed by atoms with E-state index < -0.39 is 12.8 Å². The largest absolute Gasteiger partial charge is 0.484 e. The minimum absolute atomic E-state index is 0.294. The molecule has 0 heterocycles. The number of aryl methyl sites for hydroxylation is 1. The molecule has 0 radical (unpaired) electrons. The maximum atomic E-state index is 12.0. The third-order valence-corrected chi connectivity index (χ3v) is 3.19. The molecule has 17 heavy (non-hydrogen) atoms. The Kier molecular flexibility index (Phi) is 3.31. The van der Waals surface area contributed by atoms with Gasteiger partial charge in [-0.05, 0) is 48.9 Å². The van der Waals surface area contributed by atoms with Crippen LogP contribution in [0.4, 0.5) is 13.2 Å². The summed E-state index contributed by atoms with van der Waals surface area (Å²) < 4.78 is 40.7. The van der Waals surface area contributed by atoms with Crippen molar-refractivity contribution in [3.8, 4) is 5.75 Å². The standard InChI is InChI=1S/C13H15F3O/c1-9-7-11(17-8-13(14,15)16)5-6-12(9)10-3-2-4-10/h5-7,10H,2-4,8H2,1H3. The van der Waals surface area contributed by atoms with E-state index in [0.29, 0.717) is 11.7 Å². The molecule has 1 fully saturated rings. The second kappa shape index (κ2) is 4.59. The molecule has 1 aromatic rings. The van der Waals surface area contributed by atoms with Gasteiger partial charge in [-0.25, -0.2) is 0 Å². The van der Waals surface area contributed by atoms with Crippen molar-refractivity contribution in [1.82, 2.24) is 0 Å². The highest BCUT2D eigenvalue weighted by Crippen LogP contribution is 2.38.